The molecule has 0 bridgehead atoms. The third-order valence-corrected chi connectivity index (χ3v) is 3.64. The summed E-state index contributed by atoms with van der Waals surface area (Å²) in [5, 5.41) is 5.77. The summed E-state index contributed by atoms with van der Waals surface area (Å²) in [7, 11) is 3.16. The molecule has 8 nitrogen and oxygen atoms in total. The second-order valence-electron chi connectivity index (χ2n) is 5.50. The third-order valence-electron chi connectivity index (χ3n) is 3.64. The minimum absolute atomic E-state index is 0.233. The summed E-state index contributed by atoms with van der Waals surface area (Å²) in [4.78, 5) is 16.1. The molecule has 0 spiro atoms. The van der Waals surface area contributed by atoms with Gasteiger partial charge < -0.3 is 30.3 Å². The first-order valence-electron chi connectivity index (χ1n) is 8.16. The van der Waals surface area contributed by atoms with E-state index in [0.29, 0.717) is 42.5 Å². The van der Waals surface area contributed by atoms with Gasteiger partial charge in [-0.05, 0) is 31.5 Å². The number of aryl methyl sites for hydroxylation is 1. The fourth-order valence-electron chi connectivity index (χ4n) is 2.26. The number of carbonyl (C=O) groups excluding carboxylic acids is 1. The number of benzene rings is 1. The third kappa shape index (κ3) is 5.17. The highest BCUT2D eigenvalue weighted by Gasteiger charge is 2.11. The second kappa shape index (κ2) is 9.36. The van der Waals surface area contributed by atoms with Gasteiger partial charge in [0.1, 0.15) is 11.5 Å². The van der Waals surface area contributed by atoms with Crippen LogP contribution in [0.3, 0.4) is 0 Å². The number of anilines is 1. The normalized spacial score (nSPS) is 11.1. The van der Waals surface area contributed by atoms with Crippen molar-refractivity contribution in [1.82, 2.24) is 5.32 Å². The van der Waals surface area contributed by atoms with E-state index in [1.54, 1.807) is 38.5 Å². The van der Waals surface area contributed by atoms with Gasteiger partial charge in [0.2, 0.25) is 0 Å². The van der Waals surface area contributed by atoms with E-state index in [1.165, 1.54) is 6.26 Å². The van der Waals surface area contributed by atoms with Crippen LogP contribution >= 0.6 is 0 Å². The number of methoxy groups -OCH3 is 2. The van der Waals surface area contributed by atoms with Crippen molar-refractivity contribution in [1.29, 1.82) is 0 Å². The summed E-state index contributed by atoms with van der Waals surface area (Å²) in [5.74, 6) is 1.66. The predicted octanol–water partition coefficient (Wildman–Crippen LogP) is 2.15. The number of hydrogen-bond donors (Lipinski definition) is 3. The van der Waals surface area contributed by atoms with Crippen LogP contribution in [0.25, 0.3) is 0 Å². The van der Waals surface area contributed by atoms with E-state index in [1.807, 2.05) is 6.92 Å². The molecule has 1 heterocycles. The van der Waals surface area contributed by atoms with Crippen molar-refractivity contribution < 1.29 is 18.7 Å². The standard InChI is InChI=1S/C18H24N4O4/c1-12-7-10-26-16(12)17(23)20-8-4-9-21-18(19)22-14-11-13(24-2)5-6-15(14)25-3/h5-7,10-11H,4,8-9H2,1-3H3,(H,20,23)(H3,19,21,22). The summed E-state index contributed by atoms with van der Waals surface area (Å²) in [6, 6.07) is 7.09. The number of carbonyl (C=O) groups is 1. The molecule has 8 heteroatoms. The number of amides is 1. The first-order valence-corrected chi connectivity index (χ1v) is 8.16. The number of nitrogens with zero attached hydrogens (tertiary/aromatic N) is 1. The zero-order chi connectivity index (χ0) is 18.9. The van der Waals surface area contributed by atoms with E-state index in [0.717, 1.165) is 5.56 Å². The maximum absolute atomic E-state index is 11.9. The van der Waals surface area contributed by atoms with Crippen molar-refractivity contribution in [2.75, 3.05) is 32.6 Å². The monoisotopic (exact) mass is 360 g/mol. The lowest BCUT2D eigenvalue weighted by atomic mass is 10.2. The molecule has 0 aliphatic heterocycles. The van der Waals surface area contributed by atoms with E-state index in [2.05, 4.69) is 15.6 Å². The summed E-state index contributed by atoms with van der Waals surface area (Å²) >= 11 is 0. The number of nitrogens with one attached hydrogen (secondary N) is 2. The van der Waals surface area contributed by atoms with Crippen LogP contribution in [0.1, 0.15) is 22.5 Å². The van der Waals surface area contributed by atoms with Crippen molar-refractivity contribution in [3.05, 3.63) is 41.9 Å². The average Bonchev–Trinajstić information content (AvgIpc) is 3.07. The minimum Gasteiger partial charge on any atom is -0.497 e. The zero-order valence-corrected chi connectivity index (χ0v) is 15.2. The van der Waals surface area contributed by atoms with Gasteiger partial charge in [-0.1, -0.05) is 0 Å². The predicted molar refractivity (Wildman–Crippen MR) is 100 cm³/mol. The van der Waals surface area contributed by atoms with Crippen LogP contribution in [-0.4, -0.2) is 39.2 Å². The Hall–Kier alpha value is -3.16. The molecule has 0 saturated carbocycles. The summed E-state index contributed by atoms with van der Waals surface area (Å²) in [6.07, 6.45) is 2.14. The van der Waals surface area contributed by atoms with Crippen LogP contribution in [0.15, 0.2) is 39.9 Å². The Labute approximate surface area is 152 Å². The molecular formula is C18H24N4O4. The number of rotatable bonds is 8. The van der Waals surface area contributed by atoms with Crippen LogP contribution in [-0.2, 0) is 0 Å². The second-order valence-corrected chi connectivity index (χ2v) is 5.50. The Morgan fingerprint density at radius 2 is 2.08 bits per heavy atom. The summed E-state index contributed by atoms with van der Waals surface area (Å²) < 4.78 is 15.6. The summed E-state index contributed by atoms with van der Waals surface area (Å²) in [5.41, 5.74) is 7.37. The molecule has 1 amide bonds. The molecule has 2 rings (SSSR count). The van der Waals surface area contributed by atoms with E-state index in [9.17, 15) is 4.79 Å². The molecule has 2 aromatic rings. The van der Waals surface area contributed by atoms with E-state index < -0.39 is 0 Å². The molecule has 0 aliphatic carbocycles. The Balaban J connectivity index is 1.80. The largest absolute Gasteiger partial charge is 0.497 e. The number of guanidine groups is 1. The Morgan fingerprint density at radius 3 is 2.73 bits per heavy atom. The lowest BCUT2D eigenvalue weighted by molar-refractivity contribution is 0.0925. The maximum atomic E-state index is 11.9. The number of furan rings is 1. The molecule has 0 atom stereocenters. The van der Waals surface area contributed by atoms with Crippen LogP contribution in [0.4, 0.5) is 5.69 Å². The maximum Gasteiger partial charge on any atom is 0.287 e. The van der Waals surface area contributed by atoms with Gasteiger partial charge in [-0.2, -0.15) is 0 Å². The highest BCUT2D eigenvalue weighted by molar-refractivity contribution is 5.94. The first-order chi connectivity index (χ1) is 12.5. The highest BCUT2D eigenvalue weighted by Crippen LogP contribution is 2.28. The van der Waals surface area contributed by atoms with Crippen molar-refractivity contribution in [3.63, 3.8) is 0 Å². The van der Waals surface area contributed by atoms with Gasteiger partial charge in [0.05, 0.1) is 26.2 Å². The molecular weight excluding hydrogens is 336 g/mol. The molecule has 26 heavy (non-hydrogen) atoms. The van der Waals surface area contributed by atoms with Crippen molar-refractivity contribution in [2.24, 2.45) is 10.7 Å². The molecule has 0 fully saturated rings. The SMILES string of the molecule is COc1ccc(OC)c(NC(N)=NCCCNC(=O)c2occc2C)c1. The first kappa shape index (κ1) is 19.2. The fraction of sp³-hybridized carbons (Fsp3) is 0.333. The fourth-order valence-corrected chi connectivity index (χ4v) is 2.26. The van der Waals surface area contributed by atoms with Gasteiger partial charge in [0.15, 0.2) is 11.7 Å². The minimum atomic E-state index is -0.233. The molecule has 1 aromatic carbocycles. The topological polar surface area (TPSA) is 111 Å². The quantitative estimate of drug-likeness (QED) is 0.378. The molecule has 0 radical (unpaired) electrons. The van der Waals surface area contributed by atoms with E-state index >= 15 is 0 Å². The number of hydrogen-bond acceptors (Lipinski definition) is 5. The van der Waals surface area contributed by atoms with Gasteiger partial charge in [-0.3, -0.25) is 9.79 Å². The van der Waals surface area contributed by atoms with E-state index in [-0.39, 0.29) is 11.9 Å². The van der Waals surface area contributed by atoms with Gasteiger partial charge in [-0.25, -0.2) is 0 Å². The molecule has 1 aromatic heterocycles. The van der Waals surface area contributed by atoms with Crippen molar-refractivity contribution in [2.45, 2.75) is 13.3 Å². The molecule has 0 aliphatic rings. The molecule has 0 unspecified atom stereocenters. The smallest absolute Gasteiger partial charge is 0.287 e. The van der Waals surface area contributed by atoms with Crippen LogP contribution in [0.2, 0.25) is 0 Å². The number of ether oxygens (including phenoxy) is 2. The molecule has 4 N–H and O–H groups in total. The van der Waals surface area contributed by atoms with Crippen LogP contribution < -0.4 is 25.8 Å². The van der Waals surface area contributed by atoms with E-state index in [4.69, 9.17) is 19.6 Å². The van der Waals surface area contributed by atoms with Gasteiger partial charge in [0, 0.05) is 24.7 Å². The van der Waals surface area contributed by atoms with Crippen LogP contribution in [0, 0.1) is 6.92 Å². The lowest BCUT2D eigenvalue weighted by Crippen LogP contribution is -2.26. The molecule has 140 valence electrons. The Bertz CT molecular complexity index is 770. The average molecular weight is 360 g/mol. The lowest BCUT2D eigenvalue weighted by Gasteiger charge is -2.12. The van der Waals surface area contributed by atoms with Crippen molar-refractivity contribution >= 4 is 17.6 Å². The number of nitrogens with two attached hydrogens (primary N) is 1. The van der Waals surface area contributed by atoms with Crippen LogP contribution in [0.5, 0.6) is 11.5 Å². The van der Waals surface area contributed by atoms with Gasteiger partial charge >= 0.3 is 0 Å². The van der Waals surface area contributed by atoms with Crippen molar-refractivity contribution in [3.8, 4) is 11.5 Å². The molecule has 0 saturated heterocycles. The van der Waals surface area contributed by atoms with Gasteiger partial charge in [-0.15, -0.1) is 0 Å². The number of aliphatic imine (C=N–C) groups is 1. The van der Waals surface area contributed by atoms with Gasteiger partial charge in [0.25, 0.3) is 5.91 Å². The highest BCUT2D eigenvalue weighted by atomic mass is 16.5. The summed E-state index contributed by atoms with van der Waals surface area (Å²) in [6.45, 7) is 2.75. The Kier molecular flexibility index (Phi) is 6.90. The Morgan fingerprint density at radius 1 is 1.27 bits per heavy atom. The zero-order valence-electron chi connectivity index (χ0n) is 15.2.